The number of carbonyl (C=O) groups is 1. The van der Waals surface area contributed by atoms with Gasteiger partial charge in [0.15, 0.2) is 0 Å². The zero-order valence-corrected chi connectivity index (χ0v) is 17.6. The van der Waals surface area contributed by atoms with E-state index in [1.54, 1.807) is 0 Å². The quantitative estimate of drug-likeness (QED) is 0.455. The van der Waals surface area contributed by atoms with Crippen molar-refractivity contribution in [1.29, 1.82) is 0 Å². The number of anilines is 2. The van der Waals surface area contributed by atoms with Gasteiger partial charge < -0.3 is 0 Å². The number of aryl methyl sites for hydroxylation is 1. The van der Waals surface area contributed by atoms with Crippen LogP contribution in [-0.4, -0.2) is 24.3 Å². The van der Waals surface area contributed by atoms with Gasteiger partial charge in [0.1, 0.15) is 0 Å². The van der Waals surface area contributed by atoms with Crippen LogP contribution in [0.25, 0.3) is 0 Å². The van der Waals surface area contributed by atoms with Gasteiger partial charge >= 0.3 is 173 Å². The fourth-order valence-corrected chi connectivity index (χ4v) is 8.33. The second kappa shape index (κ2) is 8.36. The molecule has 3 aromatic carbocycles. The Bertz CT molecular complexity index is 900. The summed E-state index contributed by atoms with van der Waals surface area (Å²) in [5.41, 5.74) is 3.92. The number of benzene rings is 3. The first-order valence-electron chi connectivity index (χ1n) is 10.0. The van der Waals surface area contributed by atoms with E-state index in [0.717, 1.165) is 36.3 Å². The van der Waals surface area contributed by atoms with Gasteiger partial charge in [-0.25, -0.2) is 0 Å². The molecule has 0 radical (unpaired) electrons. The van der Waals surface area contributed by atoms with E-state index in [0.29, 0.717) is 6.42 Å². The van der Waals surface area contributed by atoms with Crippen molar-refractivity contribution >= 4 is 25.5 Å². The fourth-order valence-electron chi connectivity index (χ4n) is 4.32. The van der Waals surface area contributed by atoms with Gasteiger partial charge in [-0.1, -0.05) is 0 Å². The Kier molecular flexibility index (Phi) is 5.66. The Hall–Kier alpha value is -2.68. The third-order valence-corrected chi connectivity index (χ3v) is 9.81. The van der Waals surface area contributed by atoms with Crippen molar-refractivity contribution < 1.29 is 9.69 Å². The van der Waals surface area contributed by atoms with Crippen LogP contribution >= 0.6 is 7.79 Å². The minimum atomic E-state index is -3.30. The predicted octanol–water partition coefficient (Wildman–Crippen LogP) is 5.14. The van der Waals surface area contributed by atoms with E-state index in [1.165, 1.54) is 5.56 Å². The van der Waals surface area contributed by atoms with Crippen LogP contribution in [0.15, 0.2) is 84.9 Å². The Morgan fingerprint density at radius 3 is 1.79 bits per heavy atom. The number of carbonyl (C=O) groups excluding carboxylic acids is 1. The Balaban J connectivity index is 1.86. The van der Waals surface area contributed by atoms with Crippen LogP contribution < -0.4 is 9.34 Å². The molecular weight excluding hydrogens is 379 g/mol. The van der Waals surface area contributed by atoms with Crippen LogP contribution in [0, 0.1) is 6.92 Å². The van der Waals surface area contributed by atoms with Crippen LogP contribution in [0.5, 0.6) is 0 Å². The monoisotopic (exact) mass is 406 g/mol. The van der Waals surface area contributed by atoms with Crippen LogP contribution in [-0.2, 0) is 4.79 Å². The Morgan fingerprint density at radius 2 is 1.34 bits per heavy atom. The number of hydrogen-bond acceptors (Lipinski definition) is 4. The van der Waals surface area contributed by atoms with Crippen molar-refractivity contribution in [3.8, 4) is 0 Å². The van der Waals surface area contributed by atoms with Gasteiger partial charge in [0.05, 0.1) is 0 Å². The number of para-hydroxylation sites is 2. The summed E-state index contributed by atoms with van der Waals surface area (Å²) in [5, 5.41) is 0. The molecule has 5 heteroatoms. The molecule has 1 aliphatic rings. The van der Waals surface area contributed by atoms with Crippen molar-refractivity contribution in [2.24, 2.45) is 0 Å². The second-order valence-electron chi connectivity index (χ2n) is 7.53. The summed E-state index contributed by atoms with van der Waals surface area (Å²) in [6.45, 7) is 3.50. The second-order valence-corrected chi connectivity index (χ2v) is 10.7. The van der Waals surface area contributed by atoms with E-state index in [-0.39, 0.29) is 5.66 Å². The van der Waals surface area contributed by atoms with Gasteiger partial charge in [0.2, 0.25) is 0 Å². The van der Waals surface area contributed by atoms with Crippen molar-refractivity contribution in [2.75, 3.05) is 22.4 Å². The van der Waals surface area contributed by atoms with E-state index < -0.39 is 7.79 Å². The number of nitrogens with zero attached hydrogens (tertiary/aromatic N) is 2. The zero-order chi connectivity index (χ0) is 20.3. The van der Waals surface area contributed by atoms with Gasteiger partial charge in [-0.3, -0.25) is 0 Å². The average molecular weight is 406 g/mol. The van der Waals surface area contributed by atoms with Gasteiger partial charge in [0, 0.05) is 0 Å². The standard InChI is InChI=1S/C24H27N2O2P/c1-20-12-14-21(15-13-20)24(16-19-27)29(28)25(22-8-4-2-5-9-22)17-18-26(29)23-10-6-3-7-11-23/h2-15,19,24,28-29H,16-18H2,1H3. The average Bonchev–Trinajstić information content (AvgIpc) is 3.12. The molecule has 150 valence electrons. The molecule has 0 aromatic heterocycles. The summed E-state index contributed by atoms with van der Waals surface area (Å²) in [7, 11) is -3.30. The molecule has 0 saturated carbocycles. The summed E-state index contributed by atoms with van der Waals surface area (Å²) in [6, 6.07) is 28.3. The SMILES string of the molecule is Cc1ccc(C(CC=O)[PH]2(O)N(c3ccccc3)CCN2c2ccccc2)cc1. The third kappa shape index (κ3) is 3.66. The molecule has 1 unspecified atom stereocenters. The van der Waals surface area contributed by atoms with E-state index >= 15 is 0 Å². The molecule has 0 spiro atoms. The summed E-state index contributed by atoms with van der Waals surface area (Å²) < 4.78 is 4.32. The van der Waals surface area contributed by atoms with E-state index in [9.17, 15) is 9.69 Å². The molecule has 1 aliphatic heterocycles. The first-order valence-corrected chi connectivity index (χ1v) is 11.9. The van der Waals surface area contributed by atoms with Gasteiger partial charge in [-0.2, -0.15) is 0 Å². The summed E-state index contributed by atoms with van der Waals surface area (Å²) in [5.74, 6) is 0. The van der Waals surface area contributed by atoms with Crippen molar-refractivity contribution in [2.45, 2.75) is 19.0 Å². The summed E-state index contributed by atoms with van der Waals surface area (Å²) in [6.07, 6.45) is 1.23. The maximum atomic E-state index is 12.5. The topological polar surface area (TPSA) is 43.8 Å². The normalized spacial score (nSPS) is 17.7. The van der Waals surface area contributed by atoms with Crippen LogP contribution in [0.3, 0.4) is 0 Å². The fraction of sp³-hybridized carbons (Fsp3) is 0.208. The number of aldehydes is 1. The van der Waals surface area contributed by atoms with E-state index in [4.69, 9.17) is 0 Å². The molecular formula is C24H27N2O2P. The molecule has 1 heterocycles. The molecule has 29 heavy (non-hydrogen) atoms. The molecule has 1 fully saturated rings. The zero-order valence-electron chi connectivity index (χ0n) is 16.6. The van der Waals surface area contributed by atoms with Gasteiger partial charge in [-0.15, -0.1) is 0 Å². The number of rotatable bonds is 6. The predicted molar refractivity (Wildman–Crippen MR) is 123 cm³/mol. The molecule has 0 aliphatic carbocycles. The van der Waals surface area contributed by atoms with Gasteiger partial charge in [0.25, 0.3) is 0 Å². The van der Waals surface area contributed by atoms with Crippen molar-refractivity contribution in [3.63, 3.8) is 0 Å². The van der Waals surface area contributed by atoms with Crippen LogP contribution in [0.1, 0.15) is 23.2 Å². The summed E-state index contributed by atoms with van der Waals surface area (Å²) >= 11 is 0. The molecule has 1 atom stereocenters. The van der Waals surface area contributed by atoms with Crippen molar-refractivity contribution in [3.05, 3.63) is 96.1 Å². The first-order chi connectivity index (χ1) is 14.1. The molecule has 4 nitrogen and oxygen atoms in total. The molecule has 0 bridgehead atoms. The van der Waals surface area contributed by atoms with Crippen molar-refractivity contribution in [1.82, 2.24) is 0 Å². The van der Waals surface area contributed by atoms with E-state index in [1.807, 2.05) is 67.6 Å². The molecule has 1 N–H and O–H groups in total. The summed E-state index contributed by atoms with van der Waals surface area (Å²) in [4.78, 5) is 24.2. The Labute approximate surface area is 172 Å². The van der Waals surface area contributed by atoms with E-state index in [2.05, 4.69) is 33.6 Å². The van der Waals surface area contributed by atoms with Gasteiger partial charge in [-0.05, 0) is 0 Å². The third-order valence-electron chi connectivity index (χ3n) is 5.76. The van der Waals surface area contributed by atoms with Crippen LogP contribution in [0.2, 0.25) is 0 Å². The van der Waals surface area contributed by atoms with Crippen LogP contribution in [0.4, 0.5) is 11.4 Å². The minimum absolute atomic E-state index is 0.261. The molecule has 3 aromatic rings. The number of hydrogen-bond donors (Lipinski definition) is 1. The maximum absolute atomic E-state index is 12.5. The molecule has 1 saturated heterocycles. The first kappa shape index (κ1) is 19.6. The Morgan fingerprint density at radius 1 is 0.862 bits per heavy atom. The molecule has 0 amide bonds. The molecule has 4 rings (SSSR count).